The number of carbonyl (C=O) groups excluding carboxylic acids is 2. The summed E-state index contributed by atoms with van der Waals surface area (Å²) in [4.78, 5) is 23.3. The zero-order valence-electron chi connectivity index (χ0n) is 8.41. The summed E-state index contributed by atoms with van der Waals surface area (Å²) in [6, 6.07) is 3.36. The van der Waals surface area contributed by atoms with Gasteiger partial charge < -0.3 is 5.32 Å². The van der Waals surface area contributed by atoms with Gasteiger partial charge in [0.2, 0.25) is 0 Å². The van der Waals surface area contributed by atoms with Crippen LogP contribution in [-0.4, -0.2) is 18.5 Å². The molecule has 0 unspecified atom stereocenters. The molecule has 4 nitrogen and oxygen atoms in total. The van der Waals surface area contributed by atoms with Crippen molar-refractivity contribution in [3.8, 4) is 0 Å². The molecule has 0 bridgehead atoms. The minimum atomic E-state index is -4.50. The van der Waals surface area contributed by atoms with Gasteiger partial charge in [-0.2, -0.15) is 13.2 Å². The number of halogens is 3. The molecule has 0 aromatic heterocycles. The molecule has 0 aliphatic carbocycles. The van der Waals surface area contributed by atoms with Crippen molar-refractivity contribution in [1.29, 1.82) is 0 Å². The van der Waals surface area contributed by atoms with Crippen molar-refractivity contribution in [1.82, 2.24) is 5.32 Å². The van der Waals surface area contributed by atoms with E-state index in [1.165, 1.54) is 6.07 Å². The number of carbonyl (C=O) groups is 2. The molecular formula is C10H7F3N2O2. The number of anilines is 1. The summed E-state index contributed by atoms with van der Waals surface area (Å²) in [5, 5.41) is 2.23. The lowest BCUT2D eigenvalue weighted by molar-refractivity contribution is -0.137. The topological polar surface area (TPSA) is 49.4 Å². The highest BCUT2D eigenvalue weighted by molar-refractivity contribution is 6.19. The van der Waals surface area contributed by atoms with Gasteiger partial charge in [0, 0.05) is 0 Å². The van der Waals surface area contributed by atoms with Crippen LogP contribution in [0, 0.1) is 0 Å². The fourth-order valence-electron chi connectivity index (χ4n) is 1.51. The smallest absolute Gasteiger partial charge is 0.328 e. The number of nitrogens with one attached hydrogen (secondary N) is 1. The number of nitrogens with zero attached hydrogens (tertiary/aromatic N) is 1. The number of rotatable bonds is 1. The van der Waals surface area contributed by atoms with Crippen molar-refractivity contribution in [2.45, 2.75) is 6.18 Å². The third-order valence-electron chi connectivity index (χ3n) is 2.28. The second-order valence-electron chi connectivity index (χ2n) is 3.44. The van der Waals surface area contributed by atoms with Gasteiger partial charge in [0.05, 0.1) is 17.8 Å². The van der Waals surface area contributed by atoms with Crippen LogP contribution < -0.4 is 10.2 Å². The zero-order chi connectivity index (χ0) is 12.6. The highest BCUT2D eigenvalue weighted by Gasteiger charge is 2.34. The fourth-order valence-corrected chi connectivity index (χ4v) is 1.51. The van der Waals surface area contributed by atoms with E-state index >= 15 is 0 Å². The molecule has 0 radical (unpaired) electrons. The van der Waals surface area contributed by atoms with Crippen molar-refractivity contribution in [3.63, 3.8) is 0 Å². The number of alkyl halides is 3. The van der Waals surface area contributed by atoms with Gasteiger partial charge in [-0.25, -0.2) is 9.69 Å². The predicted molar refractivity (Wildman–Crippen MR) is 52.3 cm³/mol. The molecule has 1 saturated heterocycles. The maximum atomic E-state index is 12.4. The lowest BCUT2D eigenvalue weighted by atomic mass is 10.2. The third-order valence-corrected chi connectivity index (χ3v) is 2.28. The molecule has 7 heteroatoms. The summed E-state index contributed by atoms with van der Waals surface area (Å²) in [6.45, 7) is -0.199. The number of hydrogen-bond acceptors (Lipinski definition) is 2. The first-order chi connectivity index (χ1) is 7.89. The van der Waals surface area contributed by atoms with E-state index in [0.717, 1.165) is 18.2 Å². The van der Waals surface area contributed by atoms with Crippen LogP contribution in [0.2, 0.25) is 0 Å². The molecule has 2 rings (SSSR count). The van der Waals surface area contributed by atoms with Crippen LogP contribution in [0.4, 0.5) is 23.7 Å². The Morgan fingerprint density at radius 2 is 1.94 bits per heavy atom. The Bertz CT molecular complexity index is 469. The van der Waals surface area contributed by atoms with Crippen molar-refractivity contribution < 1.29 is 22.8 Å². The summed E-state index contributed by atoms with van der Waals surface area (Å²) in [5.74, 6) is -0.575. The van der Waals surface area contributed by atoms with E-state index in [0.29, 0.717) is 4.90 Å². The minimum absolute atomic E-state index is 0.0835. The summed E-state index contributed by atoms with van der Waals surface area (Å²) < 4.78 is 37.3. The number of amides is 3. The van der Waals surface area contributed by atoms with Gasteiger partial charge in [-0.15, -0.1) is 0 Å². The Morgan fingerprint density at radius 3 is 2.47 bits per heavy atom. The molecule has 3 amide bonds. The Morgan fingerprint density at radius 1 is 1.24 bits per heavy atom. The second kappa shape index (κ2) is 3.76. The molecule has 0 atom stereocenters. The monoisotopic (exact) mass is 244 g/mol. The first kappa shape index (κ1) is 11.4. The maximum Gasteiger partial charge on any atom is 0.416 e. The minimum Gasteiger partial charge on any atom is -0.328 e. The molecule has 1 aliphatic heterocycles. The summed E-state index contributed by atoms with van der Waals surface area (Å²) >= 11 is 0. The third kappa shape index (κ3) is 2.08. The SMILES string of the molecule is O=C1CNC(=O)N1c1cccc(C(F)(F)F)c1. The molecule has 0 spiro atoms. The molecule has 0 saturated carbocycles. The van der Waals surface area contributed by atoms with Gasteiger partial charge in [-0.3, -0.25) is 4.79 Å². The second-order valence-corrected chi connectivity index (χ2v) is 3.44. The normalized spacial score (nSPS) is 16.3. The molecule has 1 fully saturated rings. The number of urea groups is 1. The van der Waals surface area contributed by atoms with E-state index in [4.69, 9.17) is 0 Å². The van der Waals surface area contributed by atoms with Crippen molar-refractivity contribution in [2.24, 2.45) is 0 Å². The van der Waals surface area contributed by atoms with Gasteiger partial charge in [0.15, 0.2) is 0 Å². The van der Waals surface area contributed by atoms with Crippen molar-refractivity contribution >= 4 is 17.6 Å². The molecule has 90 valence electrons. The lowest BCUT2D eigenvalue weighted by Gasteiger charge is -2.14. The average molecular weight is 244 g/mol. The molecule has 1 N–H and O–H groups in total. The van der Waals surface area contributed by atoms with E-state index < -0.39 is 23.7 Å². The highest BCUT2D eigenvalue weighted by atomic mass is 19.4. The molecule has 17 heavy (non-hydrogen) atoms. The van der Waals surface area contributed by atoms with Gasteiger partial charge in [0.25, 0.3) is 5.91 Å². The number of hydrogen-bond donors (Lipinski definition) is 1. The van der Waals surface area contributed by atoms with E-state index in [1.807, 2.05) is 0 Å². The summed E-state index contributed by atoms with van der Waals surface area (Å²) in [6.07, 6.45) is -4.50. The van der Waals surface area contributed by atoms with Crippen molar-refractivity contribution in [2.75, 3.05) is 11.4 Å². The summed E-state index contributed by atoms with van der Waals surface area (Å²) in [7, 11) is 0. The molecular weight excluding hydrogens is 237 g/mol. The van der Waals surface area contributed by atoms with Crippen LogP contribution >= 0.6 is 0 Å². The van der Waals surface area contributed by atoms with E-state index in [1.54, 1.807) is 0 Å². The van der Waals surface area contributed by atoms with Gasteiger partial charge in [-0.1, -0.05) is 6.07 Å². The molecule has 1 heterocycles. The van der Waals surface area contributed by atoms with E-state index in [-0.39, 0.29) is 12.2 Å². The quantitative estimate of drug-likeness (QED) is 0.765. The number of benzene rings is 1. The van der Waals surface area contributed by atoms with Gasteiger partial charge >= 0.3 is 12.2 Å². The zero-order valence-corrected chi connectivity index (χ0v) is 8.41. The van der Waals surface area contributed by atoms with Gasteiger partial charge in [-0.05, 0) is 18.2 Å². The fraction of sp³-hybridized carbons (Fsp3) is 0.200. The first-order valence-corrected chi connectivity index (χ1v) is 4.67. The predicted octanol–water partition coefficient (Wildman–Crippen LogP) is 1.76. The highest BCUT2D eigenvalue weighted by Crippen LogP contribution is 2.31. The van der Waals surface area contributed by atoms with Crippen LogP contribution in [0.25, 0.3) is 0 Å². The Balaban J connectivity index is 2.40. The average Bonchev–Trinajstić information content (AvgIpc) is 2.57. The lowest BCUT2D eigenvalue weighted by Crippen LogP contribution is -2.30. The van der Waals surface area contributed by atoms with E-state index in [9.17, 15) is 22.8 Å². The Labute approximate surface area is 94.0 Å². The Kier molecular flexibility index (Phi) is 2.53. The van der Waals surface area contributed by atoms with Crippen molar-refractivity contribution in [3.05, 3.63) is 29.8 Å². The largest absolute Gasteiger partial charge is 0.416 e. The van der Waals surface area contributed by atoms with Crippen LogP contribution in [0.5, 0.6) is 0 Å². The van der Waals surface area contributed by atoms with Crippen LogP contribution in [0.3, 0.4) is 0 Å². The Hall–Kier alpha value is -2.05. The van der Waals surface area contributed by atoms with Crippen LogP contribution in [0.15, 0.2) is 24.3 Å². The molecule has 1 aromatic carbocycles. The first-order valence-electron chi connectivity index (χ1n) is 4.67. The molecule has 1 aliphatic rings. The van der Waals surface area contributed by atoms with Gasteiger partial charge in [0.1, 0.15) is 0 Å². The van der Waals surface area contributed by atoms with Crippen LogP contribution in [0.1, 0.15) is 5.56 Å². The standard InChI is InChI=1S/C10H7F3N2O2/c11-10(12,13)6-2-1-3-7(4-6)15-8(16)5-14-9(15)17/h1-4H,5H2,(H,14,17). The van der Waals surface area contributed by atoms with E-state index in [2.05, 4.69) is 5.32 Å². The summed E-state index contributed by atoms with van der Waals surface area (Å²) in [5.41, 5.74) is -0.984. The molecule has 1 aromatic rings. The van der Waals surface area contributed by atoms with Crippen LogP contribution in [-0.2, 0) is 11.0 Å². The maximum absolute atomic E-state index is 12.4. The number of imide groups is 1.